The molecule has 0 aromatic carbocycles. The molecule has 2 rings (SSSR count). The lowest BCUT2D eigenvalue weighted by Crippen LogP contribution is -2.17. The Hall–Kier alpha value is -0.890. The molecule has 0 aromatic rings. The fourth-order valence-electron chi connectivity index (χ4n) is 3.75. The third kappa shape index (κ3) is 3.60. The fourth-order valence-corrected chi connectivity index (χ4v) is 3.75. The second kappa shape index (κ2) is 6.71. The molecule has 4 atom stereocenters. The van der Waals surface area contributed by atoms with Gasteiger partial charge in [-0.2, -0.15) is 0 Å². The molecule has 0 saturated heterocycles. The summed E-state index contributed by atoms with van der Waals surface area (Å²) in [7, 11) is 0. The third-order valence-corrected chi connectivity index (χ3v) is 4.93. The predicted octanol–water partition coefficient (Wildman–Crippen LogP) is 4.05. The van der Waals surface area contributed by atoms with E-state index in [4.69, 9.17) is 0 Å². The van der Waals surface area contributed by atoms with E-state index >= 15 is 0 Å². The van der Waals surface area contributed by atoms with Crippen molar-refractivity contribution < 1.29 is 9.90 Å². The summed E-state index contributed by atoms with van der Waals surface area (Å²) in [5, 5.41) is 9.86. The Morgan fingerprint density at radius 1 is 1.55 bits per heavy atom. The molecule has 0 aliphatic heterocycles. The zero-order valence-corrected chi connectivity index (χ0v) is 12.8. The highest BCUT2D eigenvalue weighted by Crippen LogP contribution is 2.51. The first kappa shape index (κ1) is 15.5. The maximum absolute atomic E-state index is 12.1. The molecule has 20 heavy (non-hydrogen) atoms. The van der Waals surface area contributed by atoms with Gasteiger partial charge in [0, 0.05) is 11.8 Å². The van der Waals surface area contributed by atoms with Crippen molar-refractivity contribution in [2.24, 2.45) is 17.3 Å². The number of fused-ring (bicyclic) bond motifs is 1. The molecule has 1 saturated carbocycles. The second-order valence-electron chi connectivity index (χ2n) is 6.79. The molecule has 0 bridgehead atoms. The van der Waals surface area contributed by atoms with Crippen LogP contribution in [0.4, 0.5) is 0 Å². The van der Waals surface area contributed by atoms with E-state index in [9.17, 15) is 9.90 Å². The molecule has 0 spiro atoms. The van der Waals surface area contributed by atoms with Gasteiger partial charge in [-0.25, -0.2) is 0 Å². The lowest BCUT2D eigenvalue weighted by atomic mass is 9.80. The van der Waals surface area contributed by atoms with E-state index in [1.807, 2.05) is 0 Å². The van der Waals surface area contributed by atoms with Crippen molar-refractivity contribution in [1.29, 1.82) is 0 Å². The summed E-state index contributed by atoms with van der Waals surface area (Å²) in [5.41, 5.74) is -0.0399. The molecule has 1 N–H and O–H groups in total. The van der Waals surface area contributed by atoms with Crippen molar-refractivity contribution in [2.75, 3.05) is 0 Å². The fraction of sp³-hybridized carbons (Fsp3) is 0.722. The van der Waals surface area contributed by atoms with Crippen molar-refractivity contribution in [3.05, 3.63) is 24.3 Å². The van der Waals surface area contributed by atoms with Crippen molar-refractivity contribution >= 4 is 5.78 Å². The average molecular weight is 276 g/mol. The van der Waals surface area contributed by atoms with Crippen LogP contribution in [0, 0.1) is 17.3 Å². The van der Waals surface area contributed by atoms with Gasteiger partial charge in [0.2, 0.25) is 0 Å². The summed E-state index contributed by atoms with van der Waals surface area (Å²) in [4.78, 5) is 12.1. The van der Waals surface area contributed by atoms with Gasteiger partial charge in [0.1, 0.15) is 0 Å². The molecule has 1 fully saturated rings. The van der Waals surface area contributed by atoms with E-state index in [-0.39, 0.29) is 17.3 Å². The number of carbonyl (C=O) groups is 1. The van der Waals surface area contributed by atoms with E-state index in [1.54, 1.807) is 6.08 Å². The summed E-state index contributed by atoms with van der Waals surface area (Å²) in [6.07, 6.45) is 15.0. The molecular formula is C18H28O2. The van der Waals surface area contributed by atoms with E-state index < -0.39 is 0 Å². The third-order valence-electron chi connectivity index (χ3n) is 4.93. The van der Waals surface area contributed by atoms with E-state index in [0.717, 1.165) is 25.7 Å². The lowest BCUT2D eigenvalue weighted by Gasteiger charge is -2.23. The minimum absolute atomic E-state index is 0.0399. The van der Waals surface area contributed by atoms with E-state index in [1.165, 1.54) is 12.8 Å². The summed E-state index contributed by atoms with van der Waals surface area (Å²) >= 11 is 0. The van der Waals surface area contributed by atoms with Crippen LogP contribution >= 0.6 is 0 Å². The molecule has 2 aliphatic rings. The highest BCUT2D eigenvalue weighted by Gasteiger charge is 2.45. The van der Waals surface area contributed by atoms with Crippen molar-refractivity contribution in [3.63, 3.8) is 0 Å². The molecule has 0 aromatic heterocycles. The lowest BCUT2D eigenvalue weighted by molar-refractivity contribution is -0.115. The normalized spacial score (nSPS) is 33.8. The summed E-state index contributed by atoms with van der Waals surface area (Å²) in [6.45, 7) is 4.35. The molecule has 3 unspecified atom stereocenters. The van der Waals surface area contributed by atoms with Gasteiger partial charge in [0.05, 0.1) is 6.10 Å². The topological polar surface area (TPSA) is 37.3 Å². The summed E-state index contributed by atoms with van der Waals surface area (Å²) < 4.78 is 0. The Bertz CT molecular complexity index is 396. The number of rotatable bonds is 7. The Balaban J connectivity index is 1.89. The minimum Gasteiger partial charge on any atom is -0.393 e. The monoisotopic (exact) mass is 276 g/mol. The van der Waals surface area contributed by atoms with Crippen LogP contribution in [0.25, 0.3) is 0 Å². The van der Waals surface area contributed by atoms with Crippen LogP contribution < -0.4 is 0 Å². The number of aliphatic hydroxyl groups is 1. The largest absolute Gasteiger partial charge is 0.393 e. The van der Waals surface area contributed by atoms with Gasteiger partial charge in [-0.1, -0.05) is 51.3 Å². The number of hydrogen-bond acceptors (Lipinski definition) is 2. The number of carbonyl (C=O) groups excluding carboxylic acids is 1. The van der Waals surface area contributed by atoms with E-state index in [2.05, 4.69) is 32.1 Å². The van der Waals surface area contributed by atoms with Crippen LogP contribution in [0.3, 0.4) is 0 Å². The molecule has 0 radical (unpaired) electrons. The molecule has 2 aliphatic carbocycles. The standard InChI is InChI=1S/C18H28O2/c1-3-4-6-14(2)11-16(19)8-10-18-9-5-7-15(18)12-17(20)13-18/h5,8-10,14-15,17,20H,3-4,6-7,11-13H2,1-2H3/b10-8+/t14-,15?,17?,18?/m1/s1. The molecule has 0 heterocycles. The Kier molecular flexibility index (Phi) is 5.20. The first-order valence-electron chi connectivity index (χ1n) is 8.13. The van der Waals surface area contributed by atoms with Gasteiger partial charge in [0.25, 0.3) is 0 Å². The number of ketones is 1. The van der Waals surface area contributed by atoms with Gasteiger partial charge in [0.15, 0.2) is 5.78 Å². The quantitative estimate of drug-likeness (QED) is 0.563. The molecule has 0 amide bonds. The average Bonchev–Trinajstić information content (AvgIpc) is 2.90. The van der Waals surface area contributed by atoms with Crippen LogP contribution in [0.15, 0.2) is 24.3 Å². The van der Waals surface area contributed by atoms with Crippen molar-refractivity contribution in [3.8, 4) is 0 Å². The van der Waals surface area contributed by atoms with Crippen LogP contribution in [-0.4, -0.2) is 17.0 Å². The number of unbranched alkanes of at least 4 members (excludes halogenated alkanes) is 1. The number of hydrogen-bond donors (Lipinski definition) is 1. The molecule has 2 heteroatoms. The van der Waals surface area contributed by atoms with Gasteiger partial charge in [-0.15, -0.1) is 0 Å². The Labute approximate surface area is 123 Å². The van der Waals surface area contributed by atoms with Crippen molar-refractivity contribution in [1.82, 2.24) is 0 Å². The highest BCUT2D eigenvalue weighted by atomic mass is 16.3. The maximum atomic E-state index is 12.1. The molecule has 112 valence electrons. The predicted molar refractivity (Wildman–Crippen MR) is 82.4 cm³/mol. The summed E-state index contributed by atoms with van der Waals surface area (Å²) in [5.74, 6) is 1.22. The van der Waals surface area contributed by atoms with Crippen molar-refractivity contribution in [2.45, 2.75) is 64.9 Å². The van der Waals surface area contributed by atoms with Crippen LogP contribution in [0.1, 0.15) is 58.8 Å². The Morgan fingerprint density at radius 2 is 2.35 bits per heavy atom. The molecule has 2 nitrogen and oxygen atoms in total. The SMILES string of the molecule is CCCC[C@@H](C)CC(=O)/C=C/C12C=CCC1CC(O)C2. The first-order chi connectivity index (χ1) is 9.55. The summed E-state index contributed by atoms with van der Waals surface area (Å²) in [6, 6.07) is 0. The van der Waals surface area contributed by atoms with Gasteiger partial charge >= 0.3 is 0 Å². The number of aliphatic hydroxyl groups excluding tert-OH is 1. The minimum atomic E-state index is -0.201. The van der Waals surface area contributed by atoms with Gasteiger partial charge in [-0.05, 0) is 37.2 Å². The maximum Gasteiger partial charge on any atom is 0.155 e. The highest BCUT2D eigenvalue weighted by molar-refractivity contribution is 5.89. The molecular weight excluding hydrogens is 248 g/mol. The van der Waals surface area contributed by atoms with Crippen LogP contribution in [0.5, 0.6) is 0 Å². The zero-order valence-electron chi connectivity index (χ0n) is 12.8. The van der Waals surface area contributed by atoms with Crippen LogP contribution in [0.2, 0.25) is 0 Å². The van der Waals surface area contributed by atoms with Crippen LogP contribution in [-0.2, 0) is 4.79 Å². The smallest absolute Gasteiger partial charge is 0.155 e. The van der Waals surface area contributed by atoms with Gasteiger partial charge < -0.3 is 5.11 Å². The van der Waals surface area contributed by atoms with E-state index in [0.29, 0.717) is 18.3 Å². The zero-order chi connectivity index (χ0) is 14.6. The Morgan fingerprint density at radius 3 is 3.10 bits per heavy atom. The first-order valence-corrected chi connectivity index (χ1v) is 8.13. The number of allylic oxidation sites excluding steroid dienone is 4. The van der Waals surface area contributed by atoms with Gasteiger partial charge in [-0.3, -0.25) is 4.79 Å². The second-order valence-corrected chi connectivity index (χ2v) is 6.79.